The van der Waals surface area contributed by atoms with E-state index in [1.165, 1.54) is 0 Å². The van der Waals surface area contributed by atoms with Gasteiger partial charge in [0, 0.05) is 11.6 Å². The van der Waals surface area contributed by atoms with Gasteiger partial charge >= 0.3 is 12.1 Å². The summed E-state index contributed by atoms with van der Waals surface area (Å²) in [5.74, 6) is -1.54. The standard InChI is InChI=1S/C28H28N2O5/c1-17(2)26(27(33)29-19-13-11-18(12-14-19)15-25(31)32)30-28(34)35-16-24-22-9-5-3-7-20(22)21-8-4-6-10-23(21)24/h3-14,17,24,26H,15-16H2,1-2H3,(H,29,33)(H,30,34)(H,31,32)/t26-/m0/s1. The molecular weight excluding hydrogens is 444 g/mol. The fourth-order valence-corrected chi connectivity index (χ4v) is 4.40. The van der Waals surface area contributed by atoms with Crippen LogP contribution in [0.4, 0.5) is 10.5 Å². The number of hydrogen-bond donors (Lipinski definition) is 3. The van der Waals surface area contributed by atoms with Gasteiger partial charge in [-0.05, 0) is 45.9 Å². The largest absolute Gasteiger partial charge is 0.481 e. The Bertz CT molecular complexity index is 1190. The highest BCUT2D eigenvalue weighted by Crippen LogP contribution is 2.44. The van der Waals surface area contributed by atoms with Crippen molar-refractivity contribution in [3.05, 3.63) is 89.5 Å². The van der Waals surface area contributed by atoms with Crippen LogP contribution in [0.15, 0.2) is 72.8 Å². The summed E-state index contributed by atoms with van der Waals surface area (Å²) in [7, 11) is 0. The number of nitrogens with one attached hydrogen (secondary N) is 2. The van der Waals surface area contributed by atoms with Gasteiger partial charge < -0.3 is 20.5 Å². The van der Waals surface area contributed by atoms with Crippen molar-refractivity contribution in [3.8, 4) is 11.1 Å². The van der Waals surface area contributed by atoms with Gasteiger partial charge in [0.05, 0.1) is 6.42 Å². The van der Waals surface area contributed by atoms with Crippen LogP contribution in [-0.4, -0.2) is 35.7 Å². The van der Waals surface area contributed by atoms with Crippen LogP contribution in [0.2, 0.25) is 0 Å². The molecule has 3 aromatic rings. The molecule has 0 unspecified atom stereocenters. The van der Waals surface area contributed by atoms with Crippen molar-refractivity contribution in [2.75, 3.05) is 11.9 Å². The third-order valence-electron chi connectivity index (χ3n) is 6.14. The third-order valence-corrected chi connectivity index (χ3v) is 6.14. The molecule has 0 heterocycles. The molecule has 0 saturated carbocycles. The Kier molecular flexibility index (Phi) is 7.15. The van der Waals surface area contributed by atoms with E-state index >= 15 is 0 Å². The number of anilines is 1. The first-order valence-electron chi connectivity index (χ1n) is 11.6. The number of rotatable bonds is 8. The average molecular weight is 473 g/mol. The maximum Gasteiger partial charge on any atom is 0.407 e. The second kappa shape index (κ2) is 10.4. The van der Waals surface area contributed by atoms with Gasteiger partial charge in [-0.15, -0.1) is 0 Å². The number of alkyl carbamates (subject to hydrolysis) is 1. The van der Waals surface area contributed by atoms with Gasteiger partial charge in [-0.25, -0.2) is 4.79 Å². The fraction of sp³-hybridized carbons (Fsp3) is 0.250. The summed E-state index contributed by atoms with van der Waals surface area (Å²) in [6.45, 7) is 3.84. The number of amides is 2. The van der Waals surface area contributed by atoms with Gasteiger partial charge in [-0.2, -0.15) is 0 Å². The lowest BCUT2D eigenvalue weighted by Crippen LogP contribution is -2.47. The molecule has 3 aromatic carbocycles. The summed E-state index contributed by atoms with van der Waals surface area (Å²) in [5.41, 5.74) is 5.67. The Morgan fingerprint density at radius 2 is 1.46 bits per heavy atom. The lowest BCUT2D eigenvalue weighted by Gasteiger charge is -2.22. The Hall–Kier alpha value is -4.13. The molecule has 0 aromatic heterocycles. The summed E-state index contributed by atoms with van der Waals surface area (Å²) in [6.07, 6.45) is -0.746. The van der Waals surface area contributed by atoms with E-state index in [-0.39, 0.29) is 30.8 Å². The molecular formula is C28H28N2O5. The smallest absolute Gasteiger partial charge is 0.407 e. The van der Waals surface area contributed by atoms with Gasteiger partial charge in [0.15, 0.2) is 0 Å². The fourth-order valence-electron chi connectivity index (χ4n) is 4.40. The van der Waals surface area contributed by atoms with Crippen LogP contribution in [0, 0.1) is 5.92 Å². The van der Waals surface area contributed by atoms with Crippen molar-refractivity contribution in [1.82, 2.24) is 5.32 Å². The van der Waals surface area contributed by atoms with E-state index in [4.69, 9.17) is 9.84 Å². The number of aliphatic carboxylic acids is 1. The maximum atomic E-state index is 12.9. The van der Waals surface area contributed by atoms with Crippen LogP contribution in [0.1, 0.15) is 36.5 Å². The van der Waals surface area contributed by atoms with Crippen LogP contribution in [0.25, 0.3) is 11.1 Å². The molecule has 1 aliphatic rings. The highest BCUT2D eigenvalue weighted by Gasteiger charge is 2.30. The summed E-state index contributed by atoms with van der Waals surface area (Å²) in [5, 5.41) is 14.4. The monoisotopic (exact) mass is 472 g/mol. The number of carboxylic acid groups (broad SMARTS) is 1. The minimum Gasteiger partial charge on any atom is -0.481 e. The Morgan fingerprint density at radius 1 is 0.886 bits per heavy atom. The van der Waals surface area contributed by atoms with Crippen molar-refractivity contribution in [1.29, 1.82) is 0 Å². The summed E-state index contributed by atoms with van der Waals surface area (Å²) in [6, 6.07) is 22.0. The molecule has 0 bridgehead atoms. The van der Waals surface area contributed by atoms with Gasteiger partial charge in [0.25, 0.3) is 0 Å². The van der Waals surface area contributed by atoms with Crippen molar-refractivity contribution in [2.24, 2.45) is 5.92 Å². The Labute approximate surface area is 204 Å². The molecule has 7 nitrogen and oxygen atoms in total. The van der Waals surface area contributed by atoms with E-state index in [9.17, 15) is 14.4 Å². The van der Waals surface area contributed by atoms with E-state index in [2.05, 4.69) is 22.8 Å². The van der Waals surface area contributed by atoms with E-state index < -0.39 is 18.1 Å². The molecule has 3 N–H and O–H groups in total. The number of carbonyl (C=O) groups excluding carboxylic acids is 2. The molecule has 0 spiro atoms. The van der Waals surface area contributed by atoms with Crippen molar-refractivity contribution in [3.63, 3.8) is 0 Å². The first-order valence-corrected chi connectivity index (χ1v) is 11.6. The molecule has 4 rings (SSSR count). The number of hydrogen-bond acceptors (Lipinski definition) is 4. The SMILES string of the molecule is CC(C)[C@H](NC(=O)OCC1c2ccccc2-c2ccccc21)C(=O)Nc1ccc(CC(=O)O)cc1. The van der Waals surface area contributed by atoms with E-state index in [0.29, 0.717) is 11.3 Å². The normalized spacial score (nSPS) is 13.0. The summed E-state index contributed by atoms with van der Waals surface area (Å²) >= 11 is 0. The van der Waals surface area contributed by atoms with Crippen molar-refractivity contribution in [2.45, 2.75) is 32.2 Å². The van der Waals surface area contributed by atoms with Crippen LogP contribution in [0.3, 0.4) is 0 Å². The molecule has 2 amide bonds. The molecule has 1 atom stereocenters. The highest BCUT2D eigenvalue weighted by atomic mass is 16.5. The zero-order valence-corrected chi connectivity index (χ0v) is 19.7. The molecule has 180 valence electrons. The highest BCUT2D eigenvalue weighted by molar-refractivity contribution is 5.96. The lowest BCUT2D eigenvalue weighted by molar-refractivity contribution is -0.136. The Balaban J connectivity index is 1.38. The summed E-state index contributed by atoms with van der Waals surface area (Å²) < 4.78 is 5.59. The minimum atomic E-state index is -0.922. The first kappa shape index (κ1) is 24.0. The number of fused-ring (bicyclic) bond motifs is 3. The molecule has 7 heteroatoms. The number of benzene rings is 3. The molecule has 0 fully saturated rings. The van der Waals surface area contributed by atoms with Crippen LogP contribution in [-0.2, 0) is 20.7 Å². The van der Waals surface area contributed by atoms with Crippen LogP contribution < -0.4 is 10.6 Å². The van der Waals surface area contributed by atoms with Crippen LogP contribution in [0.5, 0.6) is 0 Å². The quantitative estimate of drug-likeness (QED) is 0.436. The van der Waals surface area contributed by atoms with Crippen LogP contribution >= 0.6 is 0 Å². The Morgan fingerprint density at radius 3 is 2.00 bits per heavy atom. The lowest BCUT2D eigenvalue weighted by atomic mass is 9.98. The van der Waals surface area contributed by atoms with E-state index in [1.54, 1.807) is 24.3 Å². The number of carboxylic acids is 1. The average Bonchev–Trinajstić information content (AvgIpc) is 3.15. The second-order valence-electron chi connectivity index (χ2n) is 8.95. The molecule has 1 aliphatic carbocycles. The number of ether oxygens (including phenoxy) is 1. The van der Waals surface area contributed by atoms with Crippen molar-refractivity contribution >= 4 is 23.7 Å². The van der Waals surface area contributed by atoms with Crippen molar-refractivity contribution < 1.29 is 24.2 Å². The summed E-state index contributed by atoms with van der Waals surface area (Å²) in [4.78, 5) is 36.4. The second-order valence-corrected chi connectivity index (χ2v) is 8.95. The minimum absolute atomic E-state index is 0.0659. The molecule has 0 aliphatic heterocycles. The first-order chi connectivity index (χ1) is 16.8. The zero-order valence-electron chi connectivity index (χ0n) is 19.7. The number of carbonyl (C=O) groups is 3. The van der Waals surface area contributed by atoms with Gasteiger partial charge in [0.2, 0.25) is 5.91 Å². The van der Waals surface area contributed by atoms with Gasteiger partial charge in [-0.3, -0.25) is 9.59 Å². The predicted molar refractivity (Wildman–Crippen MR) is 133 cm³/mol. The predicted octanol–water partition coefficient (Wildman–Crippen LogP) is 4.82. The zero-order chi connectivity index (χ0) is 24.9. The maximum absolute atomic E-state index is 12.9. The van der Waals surface area contributed by atoms with Gasteiger partial charge in [-0.1, -0.05) is 74.5 Å². The molecule has 0 saturated heterocycles. The van der Waals surface area contributed by atoms with E-state index in [1.807, 2.05) is 50.2 Å². The third kappa shape index (κ3) is 5.51. The molecule has 0 radical (unpaired) electrons. The topological polar surface area (TPSA) is 105 Å². The van der Waals surface area contributed by atoms with Gasteiger partial charge in [0.1, 0.15) is 12.6 Å². The molecule has 35 heavy (non-hydrogen) atoms. The van der Waals surface area contributed by atoms with E-state index in [0.717, 1.165) is 22.3 Å².